The van der Waals surface area contributed by atoms with E-state index in [1.807, 2.05) is 13.0 Å². The predicted molar refractivity (Wildman–Crippen MR) is 41.8 cm³/mol. The first-order chi connectivity index (χ1) is 4.72. The summed E-state index contributed by atoms with van der Waals surface area (Å²) in [5.74, 6) is 0. The van der Waals surface area contributed by atoms with Crippen LogP contribution in [0.5, 0.6) is 0 Å². The van der Waals surface area contributed by atoms with Gasteiger partial charge in [-0.25, -0.2) is 0 Å². The number of rotatable bonds is 1. The molecular weight excluding hydrogens is 148 g/mol. The minimum Gasteiger partial charge on any atom is -0.324 e. The average molecular weight is 157 g/mol. The Hall–Kier alpha value is -0.600. The summed E-state index contributed by atoms with van der Waals surface area (Å²) in [6, 6.07) is 1.81. The van der Waals surface area contributed by atoms with E-state index in [0.717, 1.165) is 5.56 Å². The van der Waals surface area contributed by atoms with Crippen molar-refractivity contribution in [3.05, 3.63) is 29.0 Å². The zero-order chi connectivity index (χ0) is 7.56. The summed E-state index contributed by atoms with van der Waals surface area (Å²) in [4.78, 5) is 3.84. The summed E-state index contributed by atoms with van der Waals surface area (Å²) in [6.45, 7) is 1.89. The smallest absolute Gasteiger partial charge is 0.0636 e. The molecule has 2 N–H and O–H groups in total. The molecule has 3 heteroatoms. The maximum atomic E-state index is 5.78. The fourth-order valence-electron chi connectivity index (χ4n) is 0.755. The monoisotopic (exact) mass is 156 g/mol. The lowest BCUT2D eigenvalue weighted by atomic mass is 10.1. The second-order valence-corrected chi connectivity index (χ2v) is 2.59. The molecule has 0 radical (unpaired) electrons. The number of hydrogen-bond acceptors (Lipinski definition) is 2. The molecule has 0 aliphatic carbocycles. The van der Waals surface area contributed by atoms with Gasteiger partial charge in [0.25, 0.3) is 0 Å². The molecule has 0 bridgehead atoms. The van der Waals surface area contributed by atoms with Crippen molar-refractivity contribution in [2.24, 2.45) is 5.73 Å². The van der Waals surface area contributed by atoms with Gasteiger partial charge in [-0.15, -0.1) is 0 Å². The topological polar surface area (TPSA) is 38.9 Å². The van der Waals surface area contributed by atoms with E-state index in [1.54, 1.807) is 12.4 Å². The van der Waals surface area contributed by atoms with Gasteiger partial charge in [-0.2, -0.15) is 0 Å². The molecular formula is C7H9ClN2. The first kappa shape index (κ1) is 7.51. The molecule has 0 saturated carbocycles. The third-order valence-corrected chi connectivity index (χ3v) is 1.61. The lowest BCUT2D eigenvalue weighted by molar-refractivity contribution is 0.816. The molecule has 0 amide bonds. The second kappa shape index (κ2) is 2.99. The Kier molecular flexibility index (Phi) is 2.25. The van der Waals surface area contributed by atoms with Crippen LogP contribution in [-0.4, -0.2) is 4.98 Å². The fraction of sp³-hybridized carbons (Fsp3) is 0.286. The standard InChI is InChI=1S/C7H9ClN2/c1-5(9)6-2-3-10-4-7(6)8/h2-5H,9H2,1H3/t5-/m1/s1. The normalized spacial score (nSPS) is 13.1. The summed E-state index contributed by atoms with van der Waals surface area (Å²) in [6.07, 6.45) is 3.28. The Bertz CT molecular complexity index is 223. The van der Waals surface area contributed by atoms with Gasteiger partial charge in [-0.05, 0) is 18.6 Å². The van der Waals surface area contributed by atoms with Crippen LogP contribution in [0.4, 0.5) is 0 Å². The van der Waals surface area contributed by atoms with E-state index in [1.165, 1.54) is 0 Å². The van der Waals surface area contributed by atoms with Gasteiger partial charge in [-0.3, -0.25) is 4.98 Å². The minimum atomic E-state index is -0.0181. The summed E-state index contributed by atoms with van der Waals surface area (Å²) in [7, 11) is 0. The molecule has 54 valence electrons. The Morgan fingerprint density at radius 3 is 2.80 bits per heavy atom. The molecule has 1 atom stereocenters. The highest BCUT2D eigenvalue weighted by molar-refractivity contribution is 6.31. The van der Waals surface area contributed by atoms with E-state index >= 15 is 0 Å². The highest BCUT2D eigenvalue weighted by atomic mass is 35.5. The van der Waals surface area contributed by atoms with E-state index in [0.29, 0.717) is 5.02 Å². The Morgan fingerprint density at radius 1 is 1.70 bits per heavy atom. The first-order valence-corrected chi connectivity index (χ1v) is 3.44. The quantitative estimate of drug-likeness (QED) is 0.673. The second-order valence-electron chi connectivity index (χ2n) is 2.19. The number of nitrogens with zero attached hydrogens (tertiary/aromatic N) is 1. The van der Waals surface area contributed by atoms with E-state index in [9.17, 15) is 0 Å². The molecule has 0 aliphatic heterocycles. The van der Waals surface area contributed by atoms with Gasteiger partial charge >= 0.3 is 0 Å². The number of halogens is 1. The van der Waals surface area contributed by atoms with Crippen LogP contribution in [0.15, 0.2) is 18.5 Å². The van der Waals surface area contributed by atoms with Crippen LogP contribution < -0.4 is 5.73 Å². The van der Waals surface area contributed by atoms with Crippen LogP contribution in [0, 0.1) is 0 Å². The highest BCUT2D eigenvalue weighted by Crippen LogP contribution is 2.18. The molecule has 1 aromatic rings. The van der Waals surface area contributed by atoms with Crippen LogP contribution in [0.25, 0.3) is 0 Å². The van der Waals surface area contributed by atoms with Gasteiger partial charge in [0, 0.05) is 18.4 Å². The molecule has 0 saturated heterocycles. The molecule has 0 aromatic carbocycles. The van der Waals surface area contributed by atoms with Crippen molar-refractivity contribution in [1.29, 1.82) is 0 Å². The van der Waals surface area contributed by atoms with E-state index in [4.69, 9.17) is 17.3 Å². The van der Waals surface area contributed by atoms with Crippen molar-refractivity contribution in [3.63, 3.8) is 0 Å². The molecule has 0 spiro atoms. The van der Waals surface area contributed by atoms with Gasteiger partial charge < -0.3 is 5.73 Å². The molecule has 1 heterocycles. The number of nitrogens with two attached hydrogens (primary N) is 1. The summed E-state index contributed by atoms with van der Waals surface area (Å²) in [5, 5.41) is 0.637. The van der Waals surface area contributed by atoms with E-state index in [-0.39, 0.29) is 6.04 Å². The Balaban J connectivity index is 3.03. The summed E-state index contributed by atoms with van der Waals surface area (Å²) in [5.41, 5.74) is 6.54. The number of pyridine rings is 1. The molecule has 1 rings (SSSR count). The molecule has 10 heavy (non-hydrogen) atoms. The largest absolute Gasteiger partial charge is 0.324 e. The van der Waals surface area contributed by atoms with E-state index < -0.39 is 0 Å². The van der Waals surface area contributed by atoms with E-state index in [2.05, 4.69) is 4.98 Å². The Labute approximate surface area is 65.0 Å². The van der Waals surface area contributed by atoms with Gasteiger partial charge in [-0.1, -0.05) is 11.6 Å². The third-order valence-electron chi connectivity index (χ3n) is 1.29. The fourth-order valence-corrected chi connectivity index (χ4v) is 1.05. The Morgan fingerprint density at radius 2 is 2.40 bits per heavy atom. The maximum absolute atomic E-state index is 5.78. The van der Waals surface area contributed by atoms with Crippen molar-refractivity contribution in [1.82, 2.24) is 4.98 Å². The van der Waals surface area contributed by atoms with Crippen molar-refractivity contribution in [2.75, 3.05) is 0 Å². The van der Waals surface area contributed by atoms with Crippen LogP contribution in [0.2, 0.25) is 5.02 Å². The van der Waals surface area contributed by atoms with Crippen molar-refractivity contribution >= 4 is 11.6 Å². The number of hydrogen-bond donors (Lipinski definition) is 1. The average Bonchev–Trinajstić information content (AvgIpc) is 1.88. The van der Waals surface area contributed by atoms with Crippen molar-refractivity contribution < 1.29 is 0 Å². The molecule has 2 nitrogen and oxygen atoms in total. The lowest BCUT2D eigenvalue weighted by Crippen LogP contribution is -2.05. The first-order valence-electron chi connectivity index (χ1n) is 3.07. The molecule has 0 fully saturated rings. The van der Waals surface area contributed by atoms with Gasteiger partial charge in [0.15, 0.2) is 0 Å². The zero-order valence-corrected chi connectivity index (χ0v) is 6.47. The zero-order valence-electron chi connectivity index (χ0n) is 5.71. The number of aromatic nitrogens is 1. The molecule has 0 unspecified atom stereocenters. The maximum Gasteiger partial charge on any atom is 0.0636 e. The van der Waals surface area contributed by atoms with Crippen LogP contribution >= 0.6 is 11.6 Å². The van der Waals surface area contributed by atoms with Gasteiger partial charge in [0.05, 0.1) is 5.02 Å². The van der Waals surface area contributed by atoms with Gasteiger partial charge in [0.2, 0.25) is 0 Å². The summed E-state index contributed by atoms with van der Waals surface area (Å²) < 4.78 is 0. The summed E-state index contributed by atoms with van der Waals surface area (Å²) >= 11 is 5.78. The van der Waals surface area contributed by atoms with Gasteiger partial charge in [0.1, 0.15) is 0 Å². The third kappa shape index (κ3) is 1.46. The molecule has 1 aromatic heterocycles. The van der Waals surface area contributed by atoms with Crippen LogP contribution in [-0.2, 0) is 0 Å². The SMILES string of the molecule is C[C@@H](N)c1ccncc1Cl. The van der Waals surface area contributed by atoms with Crippen molar-refractivity contribution in [3.8, 4) is 0 Å². The highest BCUT2D eigenvalue weighted by Gasteiger charge is 2.02. The van der Waals surface area contributed by atoms with Crippen LogP contribution in [0.1, 0.15) is 18.5 Å². The van der Waals surface area contributed by atoms with Crippen LogP contribution in [0.3, 0.4) is 0 Å². The van der Waals surface area contributed by atoms with Crippen molar-refractivity contribution in [2.45, 2.75) is 13.0 Å². The molecule has 0 aliphatic rings. The minimum absolute atomic E-state index is 0.0181. The predicted octanol–water partition coefficient (Wildman–Crippen LogP) is 1.75. The lowest BCUT2D eigenvalue weighted by Gasteiger charge is -2.05.